The number of nitro groups is 1. The molecule has 0 aliphatic rings. The Balaban J connectivity index is 2.65. The molecule has 0 aliphatic heterocycles. The number of benzene rings is 1. The standard InChI is InChI=1S/C12H18N2O4/c1-12(2,17-3)4-5-18-11-7-9(13)6-10(8-11)14(15)16/h6-8H,4-5,13H2,1-3H3. The second-order valence-corrected chi connectivity index (χ2v) is 4.58. The van der Waals surface area contributed by atoms with Gasteiger partial charge in [0.05, 0.1) is 23.2 Å². The summed E-state index contributed by atoms with van der Waals surface area (Å²) in [6.07, 6.45) is 0.673. The quantitative estimate of drug-likeness (QED) is 0.478. The molecule has 0 amide bonds. The molecule has 0 bridgehead atoms. The molecule has 1 aromatic rings. The number of methoxy groups -OCH3 is 1. The maximum absolute atomic E-state index is 10.7. The first-order valence-electron chi connectivity index (χ1n) is 5.57. The average molecular weight is 254 g/mol. The van der Waals surface area contributed by atoms with Crippen LogP contribution < -0.4 is 10.5 Å². The van der Waals surface area contributed by atoms with Crippen molar-refractivity contribution in [1.82, 2.24) is 0 Å². The van der Waals surface area contributed by atoms with Crippen molar-refractivity contribution < 1.29 is 14.4 Å². The number of non-ortho nitro benzene ring substituents is 1. The Hall–Kier alpha value is -1.82. The molecule has 0 aliphatic carbocycles. The molecule has 18 heavy (non-hydrogen) atoms. The van der Waals surface area contributed by atoms with Crippen LogP contribution in [0.25, 0.3) is 0 Å². The lowest BCUT2D eigenvalue weighted by molar-refractivity contribution is -0.384. The minimum absolute atomic E-state index is 0.0731. The van der Waals surface area contributed by atoms with Gasteiger partial charge in [-0.3, -0.25) is 10.1 Å². The van der Waals surface area contributed by atoms with E-state index in [4.69, 9.17) is 15.2 Å². The van der Waals surface area contributed by atoms with Crippen molar-refractivity contribution in [3.8, 4) is 5.75 Å². The van der Waals surface area contributed by atoms with Crippen LogP contribution in [0.4, 0.5) is 11.4 Å². The zero-order valence-electron chi connectivity index (χ0n) is 10.8. The Morgan fingerprint density at radius 2 is 2.06 bits per heavy atom. The molecular weight excluding hydrogens is 236 g/mol. The van der Waals surface area contributed by atoms with Crippen LogP contribution in [0.1, 0.15) is 20.3 Å². The van der Waals surface area contributed by atoms with Gasteiger partial charge in [-0.1, -0.05) is 0 Å². The smallest absolute Gasteiger partial charge is 0.275 e. The third kappa shape index (κ3) is 4.21. The van der Waals surface area contributed by atoms with Gasteiger partial charge >= 0.3 is 0 Å². The van der Waals surface area contributed by atoms with Gasteiger partial charge in [-0.05, 0) is 13.8 Å². The SMILES string of the molecule is COC(C)(C)CCOc1cc(N)cc([N+](=O)[O-])c1. The largest absolute Gasteiger partial charge is 0.493 e. The highest BCUT2D eigenvalue weighted by atomic mass is 16.6. The van der Waals surface area contributed by atoms with Crippen molar-refractivity contribution in [2.75, 3.05) is 19.5 Å². The van der Waals surface area contributed by atoms with Gasteiger partial charge in [-0.15, -0.1) is 0 Å². The monoisotopic (exact) mass is 254 g/mol. The molecule has 0 radical (unpaired) electrons. The average Bonchev–Trinajstić information content (AvgIpc) is 2.28. The lowest BCUT2D eigenvalue weighted by Crippen LogP contribution is -2.25. The fraction of sp³-hybridized carbons (Fsp3) is 0.500. The summed E-state index contributed by atoms with van der Waals surface area (Å²) >= 11 is 0. The maximum atomic E-state index is 10.7. The fourth-order valence-electron chi connectivity index (χ4n) is 1.31. The Bertz CT molecular complexity index is 432. The van der Waals surface area contributed by atoms with Gasteiger partial charge in [0.25, 0.3) is 5.69 Å². The third-order valence-electron chi connectivity index (χ3n) is 2.65. The normalized spacial score (nSPS) is 11.3. The van der Waals surface area contributed by atoms with Gasteiger partial charge in [0.1, 0.15) is 5.75 Å². The van der Waals surface area contributed by atoms with Crippen LogP contribution in [0.3, 0.4) is 0 Å². The molecule has 1 aromatic carbocycles. The summed E-state index contributed by atoms with van der Waals surface area (Å²) < 4.78 is 10.7. The summed E-state index contributed by atoms with van der Waals surface area (Å²) in [7, 11) is 1.63. The summed E-state index contributed by atoms with van der Waals surface area (Å²) in [6.45, 7) is 4.29. The van der Waals surface area contributed by atoms with E-state index in [0.717, 1.165) is 0 Å². The zero-order valence-corrected chi connectivity index (χ0v) is 10.8. The maximum Gasteiger partial charge on any atom is 0.275 e. The number of nitrogens with zero attached hydrogens (tertiary/aromatic N) is 1. The van der Waals surface area contributed by atoms with Crippen molar-refractivity contribution in [3.05, 3.63) is 28.3 Å². The van der Waals surface area contributed by atoms with Crippen LogP contribution in [0.2, 0.25) is 0 Å². The minimum atomic E-state index is -0.498. The van der Waals surface area contributed by atoms with E-state index < -0.39 is 4.92 Å². The van der Waals surface area contributed by atoms with Gasteiger partial charge < -0.3 is 15.2 Å². The van der Waals surface area contributed by atoms with Crippen LogP contribution in [0.5, 0.6) is 5.75 Å². The second kappa shape index (κ2) is 5.68. The summed E-state index contributed by atoms with van der Waals surface area (Å²) in [4.78, 5) is 10.2. The molecule has 0 fully saturated rings. The first-order valence-corrected chi connectivity index (χ1v) is 5.57. The number of rotatable bonds is 6. The number of hydrogen-bond donors (Lipinski definition) is 1. The van der Waals surface area contributed by atoms with E-state index in [1.807, 2.05) is 13.8 Å². The number of nitrogens with two attached hydrogens (primary N) is 1. The van der Waals surface area contributed by atoms with Gasteiger partial charge in [0.2, 0.25) is 0 Å². The summed E-state index contributed by atoms with van der Waals surface area (Å²) in [6, 6.07) is 4.22. The molecular formula is C12H18N2O4. The van der Waals surface area contributed by atoms with Crippen molar-refractivity contribution in [2.45, 2.75) is 25.9 Å². The molecule has 6 heteroatoms. The number of hydrogen-bond acceptors (Lipinski definition) is 5. The van der Waals surface area contributed by atoms with Gasteiger partial charge in [-0.25, -0.2) is 0 Å². The molecule has 1 rings (SSSR count). The first kappa shape index (κ1) is 14.2. The topological polar surface area (TPSA) is 87.6 Å². The van der Waals surface area contributed by atoms with E-state index >= 15 is 0 Å². The second-order valence-electron chi connectivity index (χ2n) is 4.58. The molecule has 100 valence electrons. The molecule has 0 atom stereocenters. The predicted octanol–water partition coefficient (Wildman–Crippen LogP) is 2.37. The highest BCUT2D eigenvalue weighted by Crippen LogP contribution is 2.24. The van der Waals surface area contributed by atoms with Crippen LogP contribution >= 0.6 is 0 Å². The molecule has 0 heterocycles. The number of nitrogen functional groups attached to an aromatic ring is 1. The Labute approximate surface area is 106 Å². The van der Waals surface area contributed by atoms with E-state index in [-0.39, 0.29) is 11.3 Å². The summed E-state index contributed by atoms with van der Waals surface area (Å²) in [5.74, 6) is 0.397. The van der Waals surface area contributed by atoms with E-state index in [1.54, 1.807) is 13.2 Å². The van der Waals surface area contributed by atoms with Gasteiger partial charge in [-0.2, -0.15) is 0 Å². The summed E-state index contributed by atoms with van der Waals surface area (Å²) in [5, 5.41) is 10.7. The van der Waals surface area contributed by atoms with Crippen molar-refractivity contribution in [3.63, 3.8) is 0 Å². The highest BCUT2D eigenvalue weighted by Gasteiger charge is 2.16. The Morgan fingerprint density at radius 3 is 2.61 bits per heavy atom. The van der Waals surface area contributed by atoms with Gasteiger partial charge in [0.15, 0.2) is 0 Å². The van der Waals surface area contributed by atoms with Crippen LogP contribution in [0.15, 0.2) is 18.2 Å². The minimum Gasteiger partial charge on any atom is -0.493 e. The van der Waals surface area contributed by atoms with Crippen LogP contribution in [-0.4, -0.2) is 24.2 Å². The Kier molecular flexibility index (Phi) is 4.49. The predicted molar refractivity (Wildman–Crippen MR) is 68.7 cm³/mol. The van der Waals surface area contributed by atoms with Crippen molar-refractivity contribution >= 4 is 11.4 Å². The van der Waals surface area contributed by atoms with E-state index in [0.29, 0.717) is 24.5 Å². The summed E-state index contributed by atoms with van der Waals surface area (Å²) in [5.41, 5.74) is 5.52. The number of nitro benzene ring substituents is 1. The van der Waals surface area contributed by atoms with E-state index in [9.17, 15) is 10.1 Å². The number of anilines is 1. The van der Waals surface area contributed by atoms with Crippen LogP contribution in [-0.2, 0) is 4.74 Å². The molecule has 6 nitrogen and oxygen atoms in total. The zero-order chi connectivity index (χ0) is 13.8. The first-order chi connectivity index (χ1) is 8.34. The van der Waals surface area contributed by atoms with Crippen molar-refractivity contribution in [2.24, 2.45) is 0 Å². The lowest BCUT2D eigenvalue weighted by atomic mass is 10.1. The third-order valence-corrected chi connectivity index (χ3v) is 2.65. The molecule has 0 saturated heterocycles. The molecule has 0 saturated carbocycles. The molecule has 2 N–H and O–H groups in total. The molecule has 0 unspecified atom stereocenters. The lowest BCUT2D eigenvalue weighted by Gasteiger charge is -2.22. The van der Waals surface area contributed by atoms with Crippen LogP contribution in [0, 0.1) is 10.1 Å². The fourth-order valence-corrected chi connectivity index (χ4v) is 1.31. The number of ether oxygens (including phenoxy) is 2. The van der Waals surface area contributed by atoms with Gasteiger partial charge in [0, 0.05) is 31.4 Å². The highest BCUT2D eigenvalue weighted by molar-refractivity contribution is 5.53. The van der Waals surface area contributed by atoms with E-state index in [2.05, 4.69) is 0 Å². The molecule has 0 spiro atoms. The molecule has 0 aromatic heterocycles. The Morgan fingerprint density at radius 1 is 1.39 bits per heavy atom. The van der Waals surface area contributed by atoms with Crippen molar-refractivity contribution in [1.29, 1.82) is 0 Å². The van der Waals surface area contributed by atoms with E-state index in [1.165, 1.54) is 12.1 Å².